The Balaban J connectivity index is 1.88. The number of hydrogen-bond acceptors (Lipinski definition) is 3. The third-order valence-electron chi connectivity index (χ3n) is 3.48. The number of carbonyl (C=O) groups is 2. The highest BCUT2D eigenvalue weighted by atomic mass is 19.1. The summed E-state index contributed by atoms with van der Waals surface area (Å²) in [5, 5.41) is 2.41. The summed E-state index contributed by atoms with van der Waals surface area (Å²) in [6.07, 6.45) is 2.76. The fourth-order valence-electron chi connectivity index (χ4n) is 2.28. The lowest BCUT2D eigenvalue weighted by Crippen LogP contribution is -2.32. The van der Waals surface area contributed by atoms with Crippen LogP contribution in [0.3, 0.4) is 0 Å². The van der Waals surface area contributed by atoms with E-state index in [-0.39, 0.29) is 17.6 Å². The van der Waals surface area contributed by atoms with Gasteiger partial charge in [-0.15, -0.1) is 0 Å². The normalized spacial score (nSPS) is 16.7. The Bertz CT molecular complexity index is 498. The van der Waals surface area contributed by atoms with Crippen molar-refractivity contribution in [3.8, 4) is 0 Å². The minimum Gasteiger partial charge on any atom is -0.452 e. The first-order valence-corrected chi connectivity index (χ1v) is 6.84. The second kappa shape index (κ2) is 6.50. The van der Waals surface area contributed by atoms with E-state index in [1.165, 1.54) is 25.1 Å². The van der Waals surface area contributed by atoms with Gasteiger partial charge in [-0.2, -0.15) is 0 Å². The van der Waals surface area contributed by atoms with Crippen LogP contribution in [0.2, 0.25) is 0 Å². The van der Waals surface area contributed by atoms with Crippen molar-refractivity contribution in [1.29, 1.82) is 0 Å². The van der Waals surface area contributed by atoms with Crippen molar-refractivity contribution >= 4 is 17.6 Å². The Morgan fingerprint density at radius 3 is 2.60 bits per heavy atom. The Morgan fingerprint density at radius 2 is 1.95 bits per heavy atom. The lowest BCUT2D eigenvalue weighted by atomic mass is 10.1. The molecule has 0 heterocycles. The molecule has 4 nitrogen and oxygen atoms in total. The second-order valence-corrected chi connectivity index (χ2v) is 5.03. The van der Waals surface area contributed by atoms with Gasteiger partial charge in [0.05, 0.1) is 11.6 Å². The van der Waals surface area contributed by atoms with Crippen molar-refractivity contribution in [2.24, 2.45) is 5.92 Å². The van der Waals surface area contributed by atoms with Crippen LogP contribution in [0.4, 0.5) is 10.1 Å². The van der Waals surface area contributed by atoms with Crippen molar-refractivity contribution < 1.29 is 18.7 Å². The molecule has 1 aromatic carbocycles. The molecule has 1 atom stereocenters. The molecule has 1 fully saturated rings. The molecule has 0 radical (unpaired) electrons. The van der Waals surface area contributed by atoms with Gasteiger partial charge in [0.15, 0.2) is 6.10 Å². The van der Waals surface area contributed by atoms with Crippen LogP contribution in [-0.2, 0) is 14.3 Å². The molecule has 108 valence electrons. The SMILES string of the molecule is C[C@@H](OC(=O)C1CCCC1)C(=O)Nc1ccccc1F. The van der Waals surface area contributed by atoms with Crippen LogP contribution >= 0.6 is 0 Å². The third kappa shape index (κ3) is 3.56. The summed E-state index contributed by atoms with van der Waals surface area (Å²) in [5.74, 6) is -1.48. The average Bonchev–Trinajstić information content (AvgIpc) is 2.95. The van der Waals surface area contributed by atoms with E-state index < -0.39 is 17.8 Å². The number of ether oxygens (including phenoxy) is 1. The van der Waals surface area contributed by atoms with Crippen molar-refractivity contribution in [3.05, 3.63) is 30.1 Å². The molecular weight excluding hydrogens is 261 g/mol. The molecule has 1 N–H and O–H groups in total. The smallest absolute Gasteiger partial charge is 0.309 e. The summed E-state index contributed by atoms with van der Waals surface area (Å²) in [7, 11) is 0. The molecule has 1 amide bonds. The summed E-state index contributed by atoms with van der Waals surface area (Å²) < 4.78 is 18.5. The fraction of sp³-hybridized carbons (Fsp3) is 0.467. The minimum absolute atomic E-state index is 0.0845. The zero-order chi connectivity index (χ0) is 14.5. The van der Waals surface area contributed by atoms with Gasteiger partial charge >= 0.3 is 5.97 Å². The zero-order valence-corrected chi connectivity index (χ0v) is 11.4. The van der Waals surface area contributed by atoms with Crippen molar-refractivity contribution in [3.63, 3.8) is 0 Å². The summed E-state index contributed by atoms with van der Waals surface area (Å²) in [5.41, 5.74) is 0.0845. The summed E-state index contributed by atoms with van der Waals surface area (Å²) in [4.78, 5) is 23.7. The number of amides is 1. The first-order chi connectivity index (χ1) is 9.58. The van der Waals surface area contributed by atoms with Gasteiger partial charge in [-0.3, -0.25) is 9.59 Å². The van der Waals surface area contributed by atoms with Gasteiger partial charge in [0.25, 0.3) is 5.91 Å². The third-order valence-corrected chi connectivity index (χ3v) is 3.48. The molecule has 2 rings (SSSR count). The van der Waals surface area contributed by atoms with Gasteiger partial charge in [0, 0.05) is 0 Å². The number of nitrogens with one attached hydrogen (secondary N) is 1. The highest BCUT2D eigenvalue weighted by molar-refractivity contribution is 5.95. The van der Waals surface area contributed by atoms with Crippen molar-refractivity contribution in [1.82, 2.24) is 0 Å². The van der Waals surface area contributed by atoms with Gasteiger partial charge in [0.1, 0.15) is 5.82 Å². The molecule has 0 bridgehead atoms. The van der Waals surface area contributed by atoms with Gasteiger partial charge in [-0.1, -0.05) is 25.0 Å². The van der Waals surface area contributed by atoms with Gasteiger partial charge in [-0.05, 0) is 31.9 Å². The largest absolute Gasteiger partial charge is 0.452 e. The van der Waals surface area contributed by atoms with Gasteiger partial charge in [0.2, 0.25) is 0 Å². The maximum atomic E-state index is 13.4. The number of hydrogen-bond donors (Lipinski definition) is 1. The second-order valence-electron chi connectivity index (χ2n) is 5.03. The first-order valence-electron chi connectivity index (χ1n) is 6.84. The van der Waals surface area contributed by atoms with Crippen molar-refractivity contribution in [2.75, 3.05) is 5.32 Å². The zero-order valence-electron chi connectivity index (χ0n) is 11.4. The molecule has 1 aliphatic rings. The van der Waals surface area contributed by atoms with E-state index in [9.17, 15) is 14.0 Å². The fourth-order valence-corrected chi connectivity index (χ4v) is 2.28. The monoisotopic (exact) mass is 279 g/mol. The van der Waals surface area contributed by atoms with Crippen LogP contribution in [0.15, 0.2) is 24.3 Å². The van der Waals surface area contributed by atoms with Crippen LogP contribution in [0.25, 0.3) is 0 Å². The summed E-state index contributed by atoms with van der Waals surface area (Å²) in [6, 6.07) is 5.87. The van der Waals surface area contributed by atoms with Crippen LogP contribution in [0.1, 0.15) is 32.6 Å². The molecule has 20 heavy (non-hydrogen) atoms. The van der Waals surface area contributed by atoms with Crippen LogP contribution in [0.5, 0.6) is 0 Å². The molecule has 0 unspecified atom stereocenters. The molecule has 0 aromatic heterocycles. The van der Waals surface area contributed by atoms with E-state index in [1.807, 2.05) is 0 Å². The van der Waals surface area contributed by atoms with Gasteiger partial charge < -0.3 is 10.1 Å². The van der Waals surface area contributed by atoms with Crippen LogP contribution < -0.4 is 5.32 Å². The van der Waals surface area contributed by atoms with Crippen LogP contribution in [-0.4, -0.2) is 18.0 Å². The Hall–Kier alpha value is -1.91. The molecule has 0 spiro atoms. The first kappa shape index (κ1) is 14.5. The number of para-hydroxylation sites is 1. The molecular formula is C15H18FNO3. The number of anilines is 1. The van der Waals surface area contributed by atoms with E-state index in [4.69, 9.17) is 4.74 Å². The topological polar surface area (TPSA) is 55.4 Å². The van der Waals surface area contributed by atoms with Crippen molar-refractivity contribution in [2.45, 2.75) is 38.7 Å². The maximum absolute atomic E-state index is 13.4. The summed E-state index contributed by atoms with van der Waals surface area (Å²) >= 11 is 0. The predicted octanol–water partition coefficient (Wildman–Crippen LogP) is 2.89. The van der Waals surface area contributed by atoms with E-state index in [1.54, 1.807) is 6.07 Å². The maximum Gasteiger partial charge on any atom is 0.309 e. The molecule has 0 aliphatic heterocycles. The molecule has 0 saturated heterocycles. The highest BCUT2D eigenvalue weighted by Gasteiger charge is 2.27. The highest BCUT2D eigenvalue weighted by Crippen LogP contribution is 2.26. The lowest BCUT2D eigenvalue weighted by Gasteiger charge is -2.16. The Labute approximate surface area is 117 Å². The Kier molecular flexibility index (Phi) is 4.71. The Morgan fingerprint density at radius 1 is 1.30 bits per heavy atom. The van der Waals surface area contributed by atoms with Crippen LogP contribution in [0, 0.1) is 11.7 Å². The molecule has 1 aromatic rings. The average molecular weight is 279 g/mol. The quantitative estimate of drug-likeness (QED) is 0.862. The number of benzene rings is 1. The van der Waals surface area contributed by atoms with E-state index in [2.05, 4.69) is 5.32 Å². The number of rotatable bonds is 4. The minimum atomic E-state index is -0.928. The summed E-state index contributed by atoms with van der Waals surface area (Å²) in [6.45, 7) is 1.49. The van der Waals surface area contributed by atoms with E-state index in [0.29, 0.717) is 0 Å². The standard InChI is InChI=1S/C15H18FNO3/c1-10(20-15(19)11-6-2-3-7-11)14(18)17-13-9-5-4-8-12(13)16/h4-5,8-11H,2-3,6-7H2,1H3,(H,17,18)/t10-/m1/s1. The predicted molar refractivity (Wildman–Crippen MR) is 72.5 cm³/mol. The lowest BCUT2D eigenvalue weighted by molar-refractivity contribution is -0.157. The molecule has 5 heteroatoms. The van der Waals surface area contributed by atoms with E-state index in [0.717, 1.165) is 25.7 Å². The number of halogens is 1. The molecule has 1 saturated carbocycles. The number of esters is 1. The van der Waals surface area contributed by atoms with Gasteiger partial charge in [-0.25, -0.2) is 4.39 Å². The number of carbonyl (C=O) groups excluding carboxylic acids is 2. The molecule has 1 aliphatic carbocycles. The van der Waals surface area contributed by atoms with E-state index >= 15 is 0 Å².